The lowest BCUT2D eigenvalue weighted by atomic mass is 10.1. The number of hydrogen-bond acceptors (Lipinski definition) is 7. The predicted octanol–water partition coefficient (Wildman–Crippen LogP) is 4.59. The van der Waals surface area contributed by atoms with Gasteiger partial charge in [0.1, 0.15) is 16.3 Å². The summed E-state index contributed by atoms with van der Waals surface area (Å²) in [7, 11) is 1.53. The van der Waals surface area contributed by atoms with Crippen molar-refractivity contribution in [1.29, 1.82) is 0 Å². The predicted molar refractivity (Wildman–Crippen MR) is 134 cm³/mol. The van der Waals surface area contributed by atoms with Gasteiger partial charge in [-0.1, -0.05) is 41.9 Å². The Hall–Kier alpha value is -2.59. The molecule has 3 N–H and O–H groups in total. The quantitative estimate of drug-likeness (QED) is 0.437. The molecule has 33 heavy (non-hydrogen) atoms. The zero-order valence-electron chi connectivity index (χ0n) is 18.1. The van der Waals surface area contributed by atoms with Crippen molar-refractivity contribution in [2.45, 2.75) is 24.9 Å². The summed E-state index contributed by atoms with van der Waals surface area (Å²) in [5.41, 5.74) is 2.16. The summed E-state index contributed by atoms with van der Waals surface area (Å²) >= 11 is 9.02. The Morgan fingerprint density at radius 1 is 1.30 bits per heavy atom. The van der Waals surface area contributed by atoms with Crippen LogP contribution in [0.4, 0.5) is 5.69 Å². The third kappa shape index (κ3) is 5.86. The Balaban J connectivity index is 1.37. The first-order valence-corrected chi connectivity index (χ1v) is 12.5. The molecule has 172 valence electrons. The Labute approximate surface area is 205 Å². The molecule has 1 aliphatic rings. The second kappa shape index (κ2) is 10.6. The number of aromatic nitrogens is 1. The standard InChI is InChI=1S/C23H23ClN4O3S2/c1-13-21(33-22(25-13)14-6-4-3-5-7-14)17-11-19(29)28-23(27-17)32-12-20(30)26-15-8-9-18(31-2)16(24)10-15/h3-10,17,23,27H,11-12H2,1-2H3,(H,26,30)(H,28,29). The summed E-state index contributed by atoms with van der Waals surface area (Å²) in [4.78, 5) is 30.5. The largest absolute Gasteiger partial charge is 0.495 e. The van der Waals surface area contributed by atoms with Crippen LogP contribution in [0, 0.1) is 6.92 Å². The summed E-state index contributed by atoms with van der Waals surface area (Å²) in [5.74, 6) is 0.441. The number of carbonyl (C=O) groups excluding carboxylic acids is 2. The fourth-order valence-corrected chi connectivity index (χ4v) is 5.72. The second-order valence-electron chi connectivity index (χ2n) is 7.41. The van der Waals surface area contributed by atoms with Crippen LogP contribution in [0.2, 0.25) is 5.02 Å². The average molecular weight is 503 g/mol. The number of thioether (sulfide) groups is 1. The van der Waals surface area contributed by atoms with E-state index in [0.29, 0.717) is 22.9 Å². The van der Waals surface area contributed by atoms with Crippen LogP contribution in [-0.4, -0.2) is 35.2 Å². The lowest BCUT2D eigenvalue weighted by Crippen LogP contribution is -2.51. The van der Waals surface area contributed by atoms with Crippen molar-refractivity contribution in [3.8, 4) is 16.3 Å². The van der Waals surface area contributed by atoms with E-state index in [9.17, 15) is 9.59 Å². The lowest BCUT2D eigenvalue weighted by molar-refractivity contribution is -0.123. The molecule has 2 aromatic carbocycles. The molecular formula is C23H23ClN4O3S2. The molecular weight excluding hydrogens is 480 g/mol. The van der Waals surface area contributed by atoms with Crippen molar-refractivity contribution in [2.24, 2.45) is 0 Å². The minimum absolute atomic E-state index is 0.0624. The van der Waals surface area contributed by atoms with Crippen molar-refractivity contribution in [3.05, 3.63) is 64.1 Å². The summed E-state index contributed by atoms with van der Waals surface area (Å²) < 4.78 is 5.12. The highest BCUT2D eigenvalue weighted by Gasteiger charge is 2.30. The molecule has 4 rings (SSSR count). The first kappa shape index (κ1) is 23.6. The first-order chi connectivity index (χ1) is 15.9. The van der Waals surface area contributed by atoms with Crippen LogP contribution >= 0.6 is 34.7 Å². The SMILES string of the molecule is COc1ccc(NC(=O)CSC2NC(=O)CC(c3sc(-c4ccccc4)nc3C)N2)cc1Cl. The molecule has 1 aliphatic heterocycles. The Morgan fingerprint density at radius 2 is 2.09 bits per heavy atom. The number of nitrogens with zero attached hydrogens (tertiary/aromatic N) is 1. The number of hydrogen-bond donors (Lipinski definition) is 3. The molecule has 1 aromatic heterocycles. The number of nitrogens with one attached hydrogen (secondary N) is 3. The van der Waals surface area contributed by atoms with Gasteiger partial charge >= 0.3 is 0 Å². The fourth-order valence-electron chi connectivity index (χ4n) is 3.47. The number of ether oxygens (including phenoxy) is 1. The van der Waals surface area contributed by atoms with Crippen LogP contribution in [0.25, 0.3) is 10.6 Å². The number of amides is 2. The minimum atomic E-state index is -0.386. The summed E-state index contributed by atoms with van der Waals surface area (Å²) in [6.07, 6.45) is 0.324. The van der Waals surface area contributed by atoms with Crippen molar-refractivity contribution in [2.75, 3.05) is 18.2 Å². The van der Waals surface area contributed by atoms with E-state index < -0.39 is 0 Å². The molecule has 1 saturated heterocycles. The zero-order valence-corrected chi connectivity index (χ0v) is 20.4. The van der Waals surface area contributed by atoms with E-state index in [2.05, 4.69) is 16.0 Å². The second-order valence-corrected chi connectivity index (χ2v) is 9.95. The van der Waals surface area contributed by atoms with E-state index >= 15 is 0 Å². The van der Waals surface area contributed by atoms with Crippen molar-refractivity contribution >= 4 is 52.2 Å². The molecule has 2 atom stereocenters. The number of thiazole rings is 1. The summed E-state index contributed by atoms with van der Waals surface area (Å²) in [6.45, 7) is 1.96. The van der Waals surface area contributed by atoms with Gasteiger partial charge < -0.3 is 15.4 Å². The molecule has 1 fully saturated rings. The maximum atomic E-state index is 12.4. The highest BCUT2D eigenvalue weighted by atomic mass is 35.5. The summed E-state index contributed by atoms with van der Waals surface area (Å²) in [5, 5.41) is 10.5. The van der Waals surface area contributed by atoms with Gasteiger partial charge in [0, 0.05) is 22.5 Å². The van der Waals surface area contributed by atoms with Crippen LogP contribution in [0.5, 0.6) is 5.75 Å². The maximum absolute atomic E-state index is 12.4. The van der Waals surface area contributed by atoms with Gasteiger partial charge in [0.25, 0.3) is 0 Å². The molecule has 7 nitrogen and oxygen atoms in total. The third-order valence-corrected chi connectivity index (χ3v) is 7.65. The van der Waals surface area contributed by atoms with Crippen molar-refractivity contribution in [3.63, 3.8) is 0 Å². The fraction of sp³-hybridized carbons (Fsp3) is 0.261. The van der Waals surface area contributed by atoms with Crippen LogP contribution in [0.3, 0.4) is 0 Å². The number of halogens is 1. The van der Waals surface area contributed by atoms with Crippen LogP contribution in [-0.2, 0) is 9.59 Å². The molecule has 0 radical (unpaired) electrons. The number of aryl methyl sites for hydroxylation is 1. The number of benzene rings is 2. The van der Waals surface area contributed by atoms with E-state index in [1.807, 2.05) is 37.3 Å². The molecule has 0 bridgehead atoms. The minimum Gasteiger partial charge on any atom is -0.495 e. The van der Waals surface area contributed by atoms with E-state index in [1.165, 1.54) is 18.9 Å². The van der Waals surface area contributed by atoms with E-state index in [0.717, 1.165) is 21.1 Å². The highest BCUT2D eigenvalue weighted by Crippen LogP contribution is 2.35. The Bertz CT molecular complexity index is 1160. The average Bonchev–Trinajstić information content (AvgIpc) is 3.20. The van der Waals surface area contributed by atoms with Gasteiger partial charge in [-0.25, -0.2) is 4.98 Å². The third-order valence-electron chi connectivity index (χ3n) is 5.02. The first-order valence-electron chi connectivity index (χ1n) is 10.3. The molecule has 10 heteroatoms. The van der Waals surface area contributed by atoms with Gasteiger partial charge in [-0.05, 0) is 25.1 Å². The molecule has 0 saturated carbocycles. The van der Waals surface area contributed by atoms with Gasteiger partial charge in [0.2, 0.25) is 11.8 Å². The van der Waals surface area contributed by atoms with Crippen LogP contribution in [0.15, 0.2) is 48.5 Å². The smallest absolute Gasteiger partial charge is 0.234 e. The molecule has 3 aromatic rings. The monoisotopic (exact) mass is 502 g/mol. The van der Waals surface area contributed by atoms with E-state index in [1.54, 1.807) is 29.5 Å². The molecule has 0 aliphatic carbocycles. The van der Waals surface area contributed by atoms with Gasteiger partial charge in [-0.15, -0.1) is 23.1 Å². The lowest BCUT2D eigenvalue weighted by Gasteiger charge is -2.30. The van der Waals surface area contributed by atoms with E-state index in [4.69, 9.17) is 21.3 Å². The number of carbonyl (C=O) groups is 2. The highest BCUT2D eigenvalue weighted by molar-refractivity contribution is 8.00. The maximum Gasteiger partial charge on any atom is 0.234 e. The summed E-state index contributed by atoms with van der Waals surface area (Å²) in [6, 6.07) is 14.9. The normalized spacial score (nSPS) is 18.0. The van der Waals surface area contributed by atoms with Crippen LogP contribution < -0.4 is 20.7 Å². The molecule has 2 unspecified atom stereocenters. The van der Waals surface area contributed by atoms with Crippen molar-refractivity contribution in [1.82, 2.24) is 15.6 Å². The Kier molecular flexibility index (Phi) is 7.54. The molecule has 0 spiro atoms. The van der Waals surface area contributed by atoms with Gasteiger partial charge in [0.15, 0.2) is 0 Å². The Morgan fingerprint density at radius 3 is 2.82 bits per heavy atom. The van der Waals surface area contributed by atoms with E-state index in [-0.39, 0.29) is 29.1 Å². The number of anilines is 1. The van der Waals surface area contributed by atoms with Crippen molar-refractivity contribution < 1.29 is 14.3 Å². The van der Waals surface area contributed by atoms with Crippen LogP contribution in [0.1, 0.15) is 23.0 Å². The molecule has 2 heterocycles. The number of methoxy groups -OCH3 is 1. The van der Waals surface area contributed by atoms with Gasteiger partial charge in [-0.2, -0.15) is 0 Å². The molecule has 2 amide bonds. The number of rotatable bonds is 7. The van der Waals surface area contributed by atoms with Gasteiger partial charge in [0.05, 0.1) is 29.6 Å². The topological polar surface area (TPSA) is 92.4 Å². The zero-order chi connectivity index (χ0) is 23.4. The van der Waals surface area contributed by atoms with Gasteiger partial charge in [-0.3, -0.25) is 14.9 Å².